The molecule has 0 amide bonds. The van der Waals surface area contributed by atoms with Gasteiger partial charge in [0.15, 0.2) is 0 Å². The fourth-order valence-electron chi connectivity index (χ4n) is 7.42. The van der Waals surface area contributed by atoms with Gasteiger partial charge in [-0.05, 0) is 88.2 Å². The van der Waals surface area contributed by atoms with Crippen LogP contribution >= 0.6 is 0 Å². The molecule has 1 heterocycles. The number of rotatable bonds is 0. The van der Waals surface area contributed by atoms with Crippen LogP contribution in [0, 0.1) is 0 Å². The maximum absolute atomic E-state index is 2.54. The van der Waals surface area contributed by atoms with Gasteiger partial charge >= 0.3 is 0 Å². The zero-order valence-corrected chi connectivity index (χ0v) is 21.1. The van der Waals surface area contributed by atoms with Gasteiger partial charge in [0.25, 0.3) is 0 Å². The van der Waals surface area contributed by atoms with E-state index < -0.39 is 8.07 Å². The van der Waals surface area contributed by atoms with E-state index in [0.717, 1.165) is 0 Å². The monoisotopic (exact) mass is 450 g/mol. The highest BCUT2D eigenvalue weighted by Crippen LogP contribution is 2.52. The molecule has 0 atom stereocenters. The molecule has 0 saturated heterocycles. The van der Waals surface area contributed by atoms with Crippen molar-refractivity contribution in [2.45, 2.75) is 32.4 Å². The Bertz CT molecular complexity index is 1850. The third kappa shape index (κ3) is 1.99. The van der Waals surface area contributed by atoms with Crippen LogP contribution < -0.4 is 10.4 Å². The molecular formula is C33H26Si. The van der Waals surface area contributed by atoms with Crippen LogP contribution in [0.5, 0.6) is 0 Å². The molecule has 0 fully saturated rings. The maximum Gasteiger partial charge on any atom is 0.114 e. The van der Waals surface area contributed by atoms with Gasteiger partial charge in [-0.3, -0.25) is 0 Å². The van der Waals surface area contributed by atoms with Gasteiger partial charge in [-0.15, -0.1) is 0 Å². The molecule has 162 valence electrons. The van der Waals surface area contributed by atoms with Gasteiger partial charge in [-0.25, -0.2) is 0 Å². The van der Waals surface area contributed by atoms with Crippen LogP contribution in [0.1, 0.15) is 25.0 Å². The van der Waals surface area contributed by atoms with Crippen LogP contribution in [0.3, 0.4) is 0 Å². The van der Waals surface area contributed by atoms with Crippen molar-refractivity contribution in [3.8, 4) is 22.3 Å². The number of hydrogen-bond acceptors (Lipinski definition) is 0. The van der Waals surface area contributed by atoms with Crippen LogP contribution in [0.4, 0.5) is 0 Å². The summed E-state index contributed by atoms with van der Waals surface area (Å²) in [4.78, 5) is 0. The maximum atomic E-state index is 2.54. The van der Waals surface area contributed by atoms with Crippen molar-refractivity contribution in [1.29, 1.82) is 0 Å². The Hall–Kier alpha value is -3.42. The molecule has 2 aliphatic rings. The van der Waals surface area contributed by atoms with Crippen molar-refractivity contribution in [3.63, 3.8) is 0 Å². The lowest BCUT2D eigenvalue weighted by molar-refractivity contribution is 0.645. The minimum Gasteiger partial charge on any atom is -0.0623 e. The van der Waals surface area contributed by atoms with Crippen LogP contribution in [0.2, 0.25) is 13.1 Å². The van der Waals surface area contributed by atoms with Gasteiger partial charge in [0.2, 0.25) is 0 Å². The number of fused-ring (bicyclic) bond motifs is 6. The molecule has 0 saturated carbocycles. The first-order valence-electron chi connectivity index (χ1n) is 12.4. The molecule has 0 N–H and O–H groups in total. The third-order valence-electron chi connectivity index (χ3n) is 8.96. The second-order valence-corrected chi connectivity index (χ2v) is 15.7. The van der Waals surface area contributed by atoms with E-state index in [9.17, 15) is 0 Å². The average Bonchev–Trinajstić information content (AvgIpc) is 3.08. The van der Waals surface area contributed by atoms with Crippen LogP contribution in [0.15, 0.2) is 84.9 Å². The molecule has 1 aliphatic heterocycles. The standard InChI is InChI=1S/C33H26Si/c1-33(2)26-11-7-5-9-21(26)24-17-20-18-25-22-10-6-8-12-28(22)34(3,4)32(25)23-15-13-19-14-16-27(33)31(24)30(19)29(20)23/h5-18H,1-4H3. The molecule has 0 radical (unpaired) electrons. The first-order chi connectivity index (χ1) is 16.4. The second kappa shape index (κ2) is 5.79. The summed E-state index contributed by atoms with van der Waals surface area (Å²) in [7, 11) is -1.78. The summed E-state index contributed by atoms with van der Waals surface area (Å²) in [6.45, 7) is 9.86. The molecule has 6 aromatic carbocycles. The summed E-state index contributed by atoms with van der Waals surface area (Å²) < 4.78 is 0. The van der Waals surface area contributed by atoms with Crippen molar-refractivity contribution in [2.24, 2.45) is 0 Å². The summed E-state index contributed by atoms with van der Waals surface area (Å²) >= 11 is 0. The Labute approximate surface area is 201 Å². The summed E-state index contributed by atoms with van der Waals surface area (Å²) in [5.41, 5.74) is 8.60. The molecule has 0 unspecified atom stereocenters. The molecule has 1 aliphatic carbocycles. The number of benzene rings is 6. The molecule has 34 heavy (non-hydrogen) atoms. The van der Waals surface area contributed by atoms with Crippen molar-refractivity contribution >= 4 is 50.8 Å². The first kappa shape index (κ1) is 18.9. The van der Waals surface area contributed by atoms with E-state index in [2.05, 4.69) is 112 Å². The van der Waals surface area contributed by atoms with E-state index in [1.54, 1.807) is 10.4 Å². The molecular weight excluding hydrogens is 424 g/mol. The van der Waals surface area contributed by atoms with Crippen molar-refractivity contribution < 1.29 is 0 Å². The Balaban J connectivity index is 1.64. The minimum atomic E-state index is -1.78. The zero-order chi connectivity index (χ0) is 23.0. The zero-order valence-electron chi connectivity index (χ0n) is 20.1. The average molecular weight is 451 g/mol. The van der Waals surface area contributed by atoms with Gasteiger partial charge in [-0.2, -0.15) is 0 Å². The molecule has 6 aromatic rings. The highest BCUT2D eigenvalue weighted by Gasteiger charge is 2.40. The highest BCUT2D eigenvalue weighted by molar-refractivity contribution is 7.05. The predicted molar refractivity (Wildman–Crippen MR) is 150 cm³/mol. The fraction of sp³-hybridized carbons (Fsp3) is 0.152. The van der Waals surface area contributed by atoms with Crippen molar-refractivity contribution in [2.75, 3.05) is 0 Å². The van der Waals surface area contributed by atoms with Crippen molar-refractivity contribution in [1.82, 2.24) is 0 Å². The summed E-state index contributed by atoms with van der Waals surface area (Å²) in [5.74, 6) is 0. The van der Waals surface area contributed by atoms with E-state index in [0.29, 0.717) is 0 Å². The quantitative estimate of drug-likeness (QED) is 0.164. The molecule has 0 spiro atoms. The smallest absolute Gasteiger partial charge is 0.0623 e. The molecule has 0 bridgehead atoms. The Kier molecular flexibility index (Phi) is 3.23. The lowest BCUT2D eigenvalue weighted by atomic mass is 9.67. The first-order valence-corrected chi connectivity index (χ1v) is 15.4. The highest BCUT2D eigenvalue weighted by atomic mass is 28.3. The third-order valence-corrected chi connectivity index (χ3v) is 12.5. The molecule has 0 aromatic heterocycles. The summed E-state index contributed by atoms with van der Waals surface area (Å²) in [6.07, 6.45) is 0. The molecule has 1 heteroatoms. The van der Waals surface area contributed by atoms with Gasteiger partial charge < -0.3 is 0 Å². The van der Waals surface area contributed by atoms with Crippen molar-refractivity contribution in [3.05, 3.63) is 96.1 Å². The number of hydrogen-bond donors (Lipinski definition) is 0. The van der Waals surface area contributed by atoms with E-state index in [1.807, 2.05) is 0 Å². The van der Waals surface area contributed by atoms with Gasteiger partial charge in [-0.1, -0.05) is 99.7 Å². The van der Waals surface area contributed by atoms with E-state index in [1.165, 1.54) is 65.7 Å². The normalized spacial score (nSPS) is 16.7. The van der Waals surface area contributed by atoms with Crippen LogP contribution in [0.25, 0.3) is 54.6 Å². The largest absolute Gasteiger partial charge is 0.114 e. The molecule has 8 rings (SSSR count). The summed E-state index contributed by atoms with van der Waals surface area (Å²) in [5, 5.41) is 11.8. The van der Waals surface area contributed by atoms with Gasteiger partial charge in [0.1, 0.15) is 8.07 Å². The SMILES string of the molecule is CC1(C)c2ccccc2-c2cc3cc4c(c5ccc6ccc1c2c6c35)[Si](C)(C)c1ccccc1-4. The van der Waals surface area contributed by atoms with E-state index in [-0.39, 0.29) is 5.41 Å². The van der Waals surface area contributed by atoms with E-state index in [4.69, 9.17) is 0 Å². The van der Waals surface area contributed by atoms with Gasteiger partial charge in [0, 0.05) is 5.41 Å². The second-order valence-electron chi connectivity index (χ2n) is 11.4. The summed E-state index contributed by atoms with van der Waals surface area (Å²) in [6, 6.07) is 32.8. The lowest BCUT2D eigenvalue weighted by Crippen LogP contribution is -2.49. The Morgan fingerprint density at radius 1 is 0.559 bits per heavy atom. The van der Waals surface area contributed by atoms with Crippen LogP contribution in [-0.4, -0.2) is 8.07 Å². The predicted octanol–water partition coefficient (Wildman–Crippen LogP) is 7.69. The Morgan fingerprint density at radius 3 is 2.12 bits per heavy atom. The molecule has 0 nitrogen and oxygen atoms in total. The fourth-order valence-corrected chi connectivity index (χ4v) is 10.9. The Morgan fingerprint density at radius 2 is 1.26 bits per heavy atom. The van der Waals surface area contributed by atoms with E-state index >= 15 is 0 Å². The minimum absolute atomic E-state index is 0.0158. The topological polar surface area (TPSA) is 0 Å². The van der Waals surface area contributed by atoms with Crippen LogP contribution in [-0.2, 0) is 5.41 Å². The lowest BCUT2D eigenvalue weighted by Gasteiger charge is -2.36. The van der Waals surface area contributed by atoms with Gasteiger partial charge in [0.05, 0.1) is 0 Å².